The van der Waals surface area contributed by atoms with Gasteiger partial charge in [0.2, 0.25) is 0 Å². The lowest BCUT2D eigenvalue weighted by Gasteiger charge is -2.41. The van der Waals surface area contributed by atoms with E-state index in [-0.39, 0.29) is 17.2 Å². The molecule has 0 aliphatic carbocycles. The highest BCUT2D eigenvalue weighted by molar-refractivity contribution is 7.95. The molecule has 0 spiro atoms. The van der Waals surface area contributed by atoms with E-state index in [9.17, 15) is 13.4 Å². The molecule has 0 saturated heterocycles. The first-order valence-electron chi connectivity index (χ1n) is 9.17. The minimum atomic E-state index is -2.93. The number of hydrogen-bond acceptors (Lipinski definition) is 5. The molecule has 1 aromatic carbocycles. The maximum Gasteiger partial charge on any atom is 0.413 e. The van der Waals surface area contributed by atoms with Crippen LogP contribution in [0.5, 0.6) is 0 Å². The van der Waals surface area contributed by atoms with Crippen LogP contribution in [-0.4, -0.2) is 39.3 Å². The van der Waals surface area contributed by atoms with E-state index in [1.807, 2.05) is 0 Å². The van der Waals surface area contributed by atoms with Crippen molar-refractivity contribution in [1.82, 2.24) is 5.32 Å². The summed E-state index contributed by atoms with van der Waals surface area (Å²) >= 11 is 0. The SMILES string of the molecule is C#Cc1ccc(F)c([C@]2(C)C[S@](=O)(=NC)C(C)(C)C(NC(=O)OC(C)(C)C)=N2)c1. The van der Waals surface area contributed by atoms with Gasteiger partial charge in [0.25, 0.3) is 0 Å². The second-order valence-electron chi connectivity index (χ2n) is 8.68. The molecule has 6 nitrogen and oxygen atoms in total. The lowest BCUT2D eigenvalue weighted by molar-refractivity contribution is 0.0560. The van der Waals surface area contributed by atoms with E-state index in [1.165, 1.54) is 25.2 Å². The summed E-state index contributed by atoms with van der Waals surface area (Å²) in [7, 11) is -1.48. The highest BCUT2D eigenvalue weighted by Crippen LogP contribution is 2.39. The zero-order valence-electron chi connectivity index (χ0n) is 17.9. The number of halogens is 1. The molecule has 0 unspecified atom stereocenters. The number of benzene rings is 1. The van der Waals surface area contributed by atoms with Crippen LogP contribution in [0.25, 0.3) is 0 Å². The highest BCUT2D eigenvalue weighted by Gasteiger charge is 2.49. The minimum absolute atomic E-state index is 0.0199. The van der Waals surface area contributed by atoms with Crippen LogP contribution < -0.4 is 5.32 Å². The van der Waals surface area contributed by atoms with Gasteiger partial charge in [-0.2, -0.15) is 0 Å². The van der Waals surface area contributed by atoms with Crippen LogP contribution in [0.15, 0.2) is 27.6 Å². The molecule has 1 heterocycles. The van der Waals surface area contributed by atoms with E-state index in [0.717, 1.165) is 0 Å². The number of carbonyl (C=O) groups excluding carboxylic acids is 1. The van der Waals surface area contributed by atoms with Crippen molar-refractivity contribution in [1.29, 1.82) is 0 Å². The molecule has 29 heavy (non-hydrogen) atoms. The average molecular weight is 422 g/mol. The molecule has 0 bridgehead atoms. The summed E-state index contributed by atoms with van der Waals surface area (Å²) in [5.74, 6) is 2.05. The molecule has 2 rings (SSSR count). The summed E-state index contributed by atoms with van der Waals surface area (Å²) in [4.78, 5) is 17.0. The standard InChI is InChI=1S/C21H28FN3O3S/c1-9-14-10-11-16(22)15(12-14)21(7)13-29(27,23-8)20(5,6)17(25-21)24-18(26)28-19(2,3)4/h1,10-12H,13H2,2-8H3,(H,24,25,26)/t21-,29+/m0/s1. The van der Waals surface area contributed by atoms with Crippen molar-refractivity contribution in [3.63, 3.8) is 0 Å². The number of rotatable bonds is 1. The number of carbonyl (C=O) groups is 1. The second-order valence-corrected chi connectivity index (χ2v) is 11.6. The molecule has 8 heteroatoms. The number of ether oxygens (including phenoxy) is 1. The third-order valence-corrected chi connectivity index (χ3v) is 8.16. The predicted molar refractivity (Wildman–Crippen MR) is 114 cm³/mol. The Morgan fingerprint density at radius 1 is 1.38 bits per heavy atom. The summed E-state index contributed by atoms with van der Waals surface area (Å²) in [5, 5.41) is 2.62. The van der Waals surface area contributed by atoms with Gasteiger partial charge in [-0.3, -0.25) is 10.3 Å². The monoisotopic (exact) mass is 421 g/mol. The molecule has 0 saturated carbocycles. The first-order valence-corrected chi connectivity index (χ1v) is 10.9. The zero-order chi connectivity index (χ0) is 22.3. The molecular weight excluding hydrogens is 393 g/mol. The molecule has 0 radical (unpaired) electrons. The molecule has 1 aliphatic heterocycles. The van der Waals surface area contributed by atoms with Crippen molar-refractivity contribution in [3.8, 4) is 12.3 Å². The summed E-state index contributed by atoms with van der Waals surface area (Å²) in [6, 6.07) is 4.26. The lowest BCUT2D eigenvalue weighted by Crippen LogP contribution is -2.57. The number of aliphatic imine (C=N–C) groups is 1. The van der Waals surface area contributed by atoms with Gasteiger partial charge in [0.05, 0.1) is 15.5 Å². The number of amides is 1. The third-order valence-electron chi connectivity index (χ3n) is 4.83. The van der Waals surface area contributed by atoms with Crippen LogP contribution in [0.2, 0.25) is 0 Å². The third kappa shape index (κ3) is 4.45. The van der Waals surface area contributed by atoms with E-state index < -0.39 is 37.5 Å². The molecular formula is C21H28FN3O3S. The van der Waals surface area contributed by atoms with Gasteiger partial charge in [-0.05, 0) is 59.7 Å². The minimum Gasteiger partial charge on any atom is -0.444 e. The molecule has 0 aromatic heterocycles. The quantitative estimate of drug-likeness (QED) is 0.700. The Labute approximate surface area is 172 Å². The van der Waals surface area contributed by atoms with Gasteiger partial charge < -0.3 is 4.74 Å². The molecule has 1 amide bonds. The highest BCUT2D eigenvalue weighted by atomic mass is 32.2. The van der Waals surface area contributed by atoms with E-state index in [2.05, 4.69) is 20.6 Å². The van der Waals surface area contributed by atoms with Crippen LogP contribution in [0.4, 0.5) is 9.18 Å². The number of amidine groups is 1. The van der Waals surface area contributed by atoms with Crippen molar-refractivity contribution in [2.24, 2.45) is 9.36 Å². The summed E-state index contributed by atoms with van der Waals surface area (Å²) < 4.78 is 36.9. The molecule has 0 fully saturated rings. The van der Waals surface area contributed by atoms with Crippen LogP contribution in [0.3, 0.4) is 0 Å². The van der Waals surface area contributed by atoms with Crippen LogP contribution in [0.1, 0.15) is 52.7 Å². The summed E-state index contributed by atoms with van der Waals surface area (Å²) in [6.07, 6.45) is 4.73. The Balaban J connectivity index is 2.67. The Morgan fingerprint density at radius 2 is 2.00 bits per heavy atom. The van der Waals surface area contributed by atoms with Crippen LogP contribution in [0, 0.1) is 18.2 Å². The molecule has 1 aliphatic rings. The van der Waals surface area contributed by atoms with Crippen LogP contribution >= 0.6 is 0 Å². The summed E-state index contributed by atoms with van der Waals surface area (Å²) in [6.45, 7) is 10.2. The van der Waals surface area contributed by atoms with E-state index in [1.54, 1.807) is 41.5 Å². The maximum absolute atomic E-state index is 14.7. The van der Waals surface area contributed by atoms with E-state index >= 15 is 0 Å². The van der Waals surface area contributed by atoms with E-state index in [4.69, 9.17) is 11.2 Å². The van der Waals surface area contributed by atoms with Crippen LogP contribution in [-0.2, 0) is 20.0 Å². The van der Waals surface area contributed by atoms with Gasteiger partial charge in [0, 0.05) is 18.2 Å². The van der Waals surface area contributed by atoms with Crippen molar-refractivity contribution < 1.29 is 18.1 Å². The van der Waals surface area contributed by atoms with Crippen molar-refractivity contribution in [3.05, 3.63) is 35.1 Å². The number of nitrogens with one attached hydrogen (secondary N) is 1. The Kier molecular flexibility index (Phi) is 5.88. The maximum atomic E-state index is 14.7. The first-order chi connectivity index (χ1) is 13.2. The van der Waals surface area contributed by atoms with Gasteiger partial charge in [0.15, 0.2) is 0 Å². The average Bonchev–Trinajstić information content (AvgIpc) is 2.58. The first kappa shape index (κ1) is 22.9. The molecule has 158 valence electrons. The van der Waals surface area contributed by atoms with Crippen molar-refractivity contribution in [2.45, 2.75) is 57.4 Å². The number of nitrogens with zero attached hydrogens (tertiary/aromatic N) is 2. The second kappa shape index (κ2) is 7.45. The lowest BCUT2D eigenvalue weighted by atomic mass is 9.92. The number of alkyl carbamates (subject to hydrolysis) is 1. The van der Waals surface area contributed by atoms with Crippen molar-refractivity contribution in [2.75, 3.05) is 12.8 Å². The number of hydrogen-bond donors (Lipinski definition) is 1. The Morgan fingerprint density at radius 3 is 2.52 bits per heavy atom. The van der Waals surface area contributed by atoms with Gasteiger partial charge in [0.1, 0.15) is 27.5 Å². The normalized spacial score (nSPS) is 26.1. The van der Waals surface area contributed by atoms with Gasteiger partial charge in [-0.25, -0.2) is 17.8 Å². The fourth-order valence-corrected chi connectivity index (χ4v) is 5.49. The smallest absolute Gasteiger partial charge is 0.413 e. The molecule has 1 aromatic rings. The zero-order valence-corrected chi connectivity index (χ0v) is 18.7. The molecule has 1 N–H and O–H groups in total. The summed E-state index contributed by atoms with van der Waals surface area (Å²) in [5.41, 5.74) is -1.29. The topological polar surface area (TPSA) is 80.1 Å². The van der Waals surface area contributed by atoms with Crippen molar-refractivity contribution >= 4 is 21.7 Å². The van der Waals surface area contributed by atoms with Gasteiger partial charge in [-0.15, -0.1) is 6.42 Å². The Hall–Kier alpha value is -2.40. The number of terminal acetylenes is 1. The fraction of sp³-hybridized carbons (Fsp3) is 0.524. The molecule has 2 atom stereocenters. The predicted octanol–water partition coefficient (Wildman–Crippen LogP) is 3.84. The largest absolute Gasteiger partial charge is 0.444 e. The van der Waals surface area contributed by atoms with Gasteiger partial charge >= 0.3 is 6.09 Å². The van der Waals surface area contributed by atoms with Gasteiger partial charge in [-0.1, -0.05) is 5.92 Å². The fourth-order valence-electron chi connectivity index (χ4n) is 3.16. The Bertz CT molecular complexity index is 1020. The van der Waals surface area contributed by atoms with E-state index in [0.29, 0.717) is 5.56 Å².